The van der Waals surface area contributed by atoms with Crippen LogP contribution in [0.25, 0.3) is 0 Å². The second-order valence-corrected chi connectivity index (χ2v) is 6.83. The number of carbonyl (C=O) groups excluding carboxylic acids is 1. The molecule has 26 heavy (non-hydrogen) atoms. The second-order valence-electron chi connectivity index (χ2n) is 5.85. The molecule has 1 aliphatic rings. The Hall–Kier alpha value is -2.42. The fourth-order valence-electron chi connectivity index (χ4n) is 2.91. The standard InChI is InChI=1S/C17H20F2N4O2S/c18-16(19)25-14-4-2-1-3-13(14)23-9-6-12(11-23)22-17(24)21-7-5-15-20-8-10-26-15/h1-4,8,10,12,16H,5-7,9,11H2,(H2,21,22,24). The van der Waals surface area contributed by atoms with Crippen molar-refractivity contribution in [3.05, 3.63) is 40.8 Å². The Morgan fingerprint density at radius 3 is 3.04 bits per heavy atom. The first-order valence-electron chi connectivity index (χ1n) is 8.33. The van der Waals surface area contributed by atoms with Crippen molar-refractivity contribution in [2.75, 3.05) is 24.5 Å². The maximum atomic E-state index is 12.5. The molecule has 1 aromatic carbocycles. The molecule has 0 bridgehead atoms. The molecule has 140 valence electrons. The predicted octanol–water partition coefficient (Wildman–Crippen LogP) is 2.87. The number of hydrogen-bond acceptors (Lipinski definition) is 5. The fourth-order valence-corrected chi connectivity index (χ4v) is 3.53. The molecule has 0 aliphatic carbocycles. The van der Waals surface area contributed by atoms with Gasteiger partial charge in [-0.3, -0.25) is 0 Å². The molecule has 9 heteroatoms. The lowest BCUT2D eigenvalue weighted by Gasteiger charge is -2.22. The Labute approximate surface area is 154 Å². The van der Waals surface area contributed by atoms with Crippen LogP contribution in [0.1, 0.15) is 11.4 Å². The molecular weight excluding hydrogens is 362 g/mol. The zero-order valence-electron chi connectivity index (χ0n) is 14.0. The molecule has 2 heterocycles. The van der Waals surface area contributed by atoms with E-state index in [1.54, 1.807) is 35.7 Å². The van der Waals surface area contributed by atoms with Gasteiger partial charge in [0.2, 0.25) is 0 Å². The SMILES string of the molecule is O=C(NCCc1nccs1)NC1CCN(c2ccccc2OC(F)F)C1. The lowest BCUT2D eigenvalue weighted by atomic mass is 10.2. The molecule has 2 N–H and O–H groups in total. The molecule has 1 aliphatic heterocycles. The molecule has 2 aromatic rings. The van der Waals surface area contributed by atoms with Crippen molar-refractivity contribution in [3.8, 4) is 5.75 Å². The third kappa shape index (κ3) is 5.04. The van der Waals surface area contributed by atoms with Gasteiger partial charge in [-0.1, -0.05) is 12.1 Å². The van der Waals surface area contributed by atoms with E-state index < -0.39 is 6.61 Å². The van der Waals surface area contributed by atoms with Gasteiger partial charge < -0.3 is 20.3 Å². The van der Waals surface area contributed by atoms with E-state index in [-0.39, 0.29) is 17.8 Å². The van der Waals surface area contributed by atoms with E-state index in [1.165, 1.54) is 6.07 Å². The van der Waals surface area contributed by atoms with Crippen LogP contribution in [-0.4, -0.2) is 43.3 Å². The first-order valence-corrected chi connectivity index (χ1v) is 9.21. The van der Waals surface area contributed by atoms with Crippen LogP contribution in [0.2, 0.25) is 0 Å². The van der Waals surface area contributed by atoms with E-state index >= 15 is 0 Å². The number of carbonyl (C=O) groups is 1. The summed E-state index contributed by atoms with van der Waals surface area (Å²) < 4.78 is 29.7. The summed E-state index contributed by atoms with van der Waals surface area (Å²) in [5, 5.41) is 8.62. The van der Waals surface area contributed by atoms with Gasteiger partial charge in [-0.05, 0) is 18.6 Å². The maximum Gasteiger partial charge on any atom is 0.387 e. The average molecular weight is 382 g/mol. The summed E-state index contributed by atoms with van der Waals surface area (Å²) in [6.07, 6.45) is 3.17. The molecule has 1 saturated heterocycles. The minimum atomic E-state index is -2.86. The maximum absolute atomic E-state index is 12.5. The minimum absolute atomic E-state index is 0.0468. The molecule has 0 saturated carbocycles. The van der Waals surface area contributed by atoms with Crippen LogP contribution in [0.4, 0.5) is 19.3 Å². The van der Waals surface area contributed by atoms with Crippen molar-refractivity contribution in [2.45, 2.75) is 25.5 Å². The number of hydrogen-bond donors (Lipinski definition) is 2. The summed E-state index contributed by atoms with van der Waals surface area (Å²) in [6.45, 7) is -1.14. The largest absolute Gasteiger partial charge is 0.433 e. The summed E-state index contributed by atoms with van der Waals surface area (Å²) in [5.41, 5.74) is 0.612. The highest BCUT2D eigenvalue weighted by molar-refractivity contribution is 7.09. The van der Waals surface area contributed by atoms with Gasteiger partial charge in [0.25, 0.3) is 0 Å². The number of nitrogens with zero attached hydrogens (tertiary/aromatic N) is 2. The number of nitrogens with one attached hydrogen (secondary N) is 2. The van der Waals surface area contributed by atoms with Crippen LogP contribution in [0.5, 0.6) is 5.75 Å². The molecular formula is C17H20F2N4O2S. The van der Waals surface area contributed by atoms with Gasteiger partial charge in [0.15, 0.2) is 0 Å². The van der Waals surface area contributed by atoms with Crippen LogP contribution in [0, 0.1) is 0 Å². The second kappa shape index (κ2) is 8.79. The smallest absolute Gasteiger partial charge is 0.387 e. The number of anilines is 1. The van der Waals surface area contributed by atoms with Crippen molar-refractivity contribution >= 4 is 23.1 Å². The quantitative estimate of drug-likeness (QED) is 0.773. The van der Waals surface area contributed by atoms with Gasteiger partial charge in [-0.2, -0.15) is 8.78 Å². The Balaban J connectivity index is 1.47. The molecule has 1 unspecified atom stereocenters. The summed E-state index contributed by atoms with van der Waals surface area (Å²) in [4.78, 5) is 18.1. The summed E-state index contributed by atoms with van der Waals surface area (Å²) in [6, 6.07) is 6.42. The van der Waals surface area contributed by atoms with Gasteiger partial charge in [-0.25, -0.2) is 9.78 Å². The molecule has 1 aromatic heterocycles. The van der Waals surface area contributed by atoms with Crippen molar-refractivity contribution in [1.29, 1.82) is 0 Å². The summed E-state index contributed by atoms with van der Waals surface area (Å²) >= 11 is 1.56. The number of benzene rings is 1. The number of alkyl halides is 2. The van der Waals surface area contributed by atoms with Crippen molar-refractivity contribution in [2.24, 2.45) is 0 Å². The molecule has 1 fully saturated rings. The normalized spacial score (nSPS) is 16.7. The molecule has 6 nitrogen and oxygen atoms in total. The highest BCUT2D eigenvalue weighted by Gasteiger charge is 2.26. The van der Waals surface area contributed by atoms with Crippen LogP contribution in [0.15, 0.2) is 35.8 Å². The third-order valence-electron chi connectivity index (χ3n) is 4.05. The first-order chi connectivity index (χ1) is 12.6. The van der Waals surface area contributed by atoms with Crippen molar-refractivity contribution in [3.63, 3.8) is 0 Å². The van der Waals surface area contributed by atoms with E-state index in [4.69, 9.17) is 0 Å². The van der Waals surface area contributed by atoms with Crippen molar-refractivity contribution in [1.82, 2.24) is 15.6 Å². The summed E-state index contributed by atoms with van der Waals surface area (Å²) in [5.74, 6) is 0.149. The Morgan fingerprint density at radius 1 is 1.42 bits per heavy atom. The van der Waals surface area contributed by atoms with Gasteiger partial charge in [0.05, 0.1) is 10.7 Å². The highest BCUT2D eigenvalue weighted by Crippen LogP contribution is 2.31. The Bertz CT molecular complexity index is 715. The molecule has 3 rings (SSSR count). The number of halogens is 2. The lowest BCUT2D eigenvalue weighted by Crippen LogP contribution is -2.44. The molecule has 2 amide bonds. The Kier molecular flexibility index (Phi) is 6.21. The van der Waals surface area contributed by atoms with Crippen LogP contribution < -0.4 is 20.3 Å². The lowest BCUT2D eigenvalue weighted by molar-refractivity contribution is -0.0495. The minimum Gasteiger partial charge on any atom is -0.433 e. The van der Waals surface area contributed by atoms with Crippen molar-refractivity contribution < 1.29 is 18.3 Å². The zero-order valence-corrected chi connectivity index (χ0v) is 14.8. The first kappa shape index (κ1) is 18.4. The van der Waals surface area contributed by atoms with Gasteiger partial charge >= 0.3 is 12.6 Å². The van der Waals surface area contributed by atoms with Gasteiger partial charge in [0.1, 0.15) is 5.75 Å². The summed E-state index contributed by atoms with van der Waals surface area (Å²) in [7, 11) is 0. The van der Waals surface area contributed by atoms with Gasteiger partial charge in [-0.15, -0.1) is 11.3 Å². The molecule has 0 spiro atoms. The predicted molar refractivity (Wildman–Crippen MR) is 96.0 cm³/mol. The highest BCUT2D eigenvalue weighted by atomic mass is 32.1. The fraction of sp³-hybridized carbons (Fsp3) is 0.412. The van der Waals surface area contributed by atoms with Gasteiger partial charge in [0, 0.05) is 43.7 Å². The number of thiazole rings is 1. The number of rotatable bonds is 7. The topological polar surface area (TPSA) is 66.5 Å². The average Bonchev–Trinajstić information content (AvgIpc) is 3.27. The van der Waals surface area contributed by atoms with Crippen LogP contribution in [-0.2, 0) is 6.42 Å². The number of aromatic nitrogens is 1. The monoisotopic (exact) mass is 382 g/mol. The number of amides is 2. The van der Waals surface area contributed by atoms with E-state index in [1.807, 2.05) is 10.3 Å². The van der Waals surface area contributed by atoms with Crippen LogP contribution >= 0.6 is 11.3 Å². The number of para-hydroxylation sites is 2. The van der Waals surface area contributed by atoms with E-state index in [0.717, 1.165) is 11.4 Å². The van der Waals surface area contributed by atoms with E-state index in [0.29, 0.717) is 31.7 Å². The zero-order chi connectivity index (χ0) is 18.4. The van der Waals surface area contributed by atoms with E-state index in [9.17, 15) is 13.6 Å². The van der Waals surface area contributed by atoms with Crippen LogP contribution in [0.3, 0.4) is 0 Å². The third-order valence-corrected chi connectivity index (χ3v) is 4.89. The van der Waals surface area contributed by atoms with E-state index in [2.05, 4.69) is 20.4 Å². The number of ether oxygens (including phenoxy) is 1. The Morgan fingerprint density at radius 2 is 2.27 bits per heavy atom. The molecule has 1 atom stereocenters. The number of urea groups is 1. The molecule has 0 radical (unpaired) electrons.